The lowest BCUT2D eigenvalue weighted by molar-refractivity contribution is 0.112. The molecule has 0 bridgehead atoms. The molecule has 3 heteroatoms. The van der Waals surface area contributed by atoms with Gasteiger partial charge in [0.25, 0.3) is 0 Å². The molecule has 148 valence electrons. The maximum atomic E-state index is 11.0. The highest BCUT2D eigenvalue weighted by molar-refractivity contribution is 5.77. The molecule has 0 aliphatic carbocycles. The molecular formula is C26H28N2O. The minimum atomic E-state index is 0.430. The number of rotatable bonds is 7. The van der Waals surface area contributed by atoms with Gasteiger partial charge in [-0.25, -0.2) is 0 Å². The van der Waals surface area contributed by atoms with Crippen molar-refractivity contribution >= 4 is 12.0 Å². The highest BCUT2D eigenvalue weighted by Gasteiger charge is 2.20. The van der Waals surface area contributed by atoms with E-state index in [0.29, 0.717) is 5.92 Å². The van der Waals surface area contributed by atoms with E-state index in [1.165, 1.54) is 11.1 Å². The molecule has 0 N–H and O–H groups in total. The first-order chi connectivity index (χ1) is 14.3. The summed E-state index contributed by atoms with van der Waals surface area (Å²) in [4.78, 5) is 16.0. The standard InChI is InChI=1S/C26H28N2O/c29-21-22-8-7-13-25(20-22)28-18-16-27(17-19-28)15-14-26(23-9-3-1-4-10-23)24-11-5-2-6-12-24/h1-13,20-21,26H,14-19H2. The van der Waals surface area contributed by atoms with Gasteiger partial charge in [0, 0.05) is 43.3 Å². The van der Waals surface area contributed by atoms with Crippen LogP contribution < -0.4 is 4.90 Å². The van der Waals surface area contributed by atoms with Crippen molar-refractivity contribution in [2.24, 2.45) is 0 Å². The average molecular weight is 385 g/mol. The fourth-order valence-electron chi connectivity index (χ4n) is 4.23. The molecular weight excluding hydrogens is 356 g/mol. The molecule has 1 aliphatic heterocycles. The Kier molecular flexibility index (Phi) is 6.38. The van der Waals surface area contributed by atoms with E-state index in [1.54, 1.807) is 0 Å². The van der Waals surface area contributed by atoms with Crippen molar-refractivity contribution in [3.8, 4) is 0 Å². The fourth-order valence-corrected chi connectivity index (χ4v) is 4.23. The average Bonchev–Trinajstić information content (AvgIpc) is 2.81. The summed E-state index contributed by atoms with van der Waals surface area (Å²) in [5.74, 6) is 0.430. The van der Waals surface area contributed by atoms with Crippen molar-refractivity contribution in [1.29, 1.82) is 0 Å². The minimum absolute atomic E-state index is 0.430. The lowest BCUT2D eigenvalue weighted by atomic mass is 9.88. The summed E-state index contributed by atoms with van der Waals surface area (Å²) in [6.07, 6.45) is 2.04. The van der Waals surface area contributed by atoms with Crippen molar-refractivity contribution in [2.45, 2.75) is 12.3 Å². The number of carbonyl (C=O) groups excluding carboxylic acids is 1. The van der Waals surface area contributed by atoms with E-state index in [9.17, 15) is 4.79 Å². The van der Waals surface area contributed by atoms with Gasteiger partial charge in [-0.15, -0.1) is 0 Å². The van der Waals surface area contributed by atoms with E-state index in [2.05, 4.69) is 76.5 Å². The number of piperazine rings is 1. The highest BCUT2D eigenvalue weighted by Crippen LogP contribution is 2.28. The number of carbonyl (C=O) groups is 1. The Hall–Kier alpha value is -2.91. The van der Waals surface area contributed by atoms with Crippen LogP contribution in [0.15, 0.2) is 84.9 Å². The predicted molar refractivity (Wildman–Crippen MR) is 120 cm³/mol. The minimum Gasteiger partial charge on any atom is -0.369 e. The van der Waals surface area contributed by atoms with Gasteiger partial charge in [0.1, 0.15) is 6.29 Å². The smallest absolute Gasteiger partial charge is 0.150 e. The molecule has 1 heterocycles. The molecule has 29 heavy (non-hydrogen) atoms. The molecule has 1 aliphatic rings. The number of hydrogen-bond donors (Lipinski definition) is 0. The fraction of sp³-hybridized carbons (Fsp3) is 0.269. The lowest BCUT2D eigenvalue weighted by Gasteiger charge is -2.36. The molecule has 3 nitrogen and oxygen atoms in total. The molecule has 0 aromatic heterocycles. The van der Waals surface area contributed by atoms with E-state index in [1.807, 2.05) is 18.2 Å². The number of anilines is 1. The van der Waals surface area contributed by atoms with Gasteiger partial charge in [-0.3, -0.25) is 9.69 Å². The van der Waals surface area contributed by atoms with Crippen molar-refractivity contribution < 1.29 is 4.79 Å². The SMILES string of the molecule is O=Cc1cccc(N2CCN(CCC(c3ccccc3)c3ccccc3)CC2)c1. The highest BCUT2D eigenvalue weighted by atomic mass is 16.1. The van der Waals surface area contributed by atoms with Crippen LogP contribution in [0.25, 0.3) is 0 Å². The largest absolute Gasteiger partial charge is 0.369 e. The Balaban J connectivity index is 1.37. The number of nitrogens with zero attached hydrogens (tertiary/aromatic N) is 2. The Morgan fingerprint density at radius 2 is 1.38 bits per heavy atom. The zero-order valence-corrected chi connectivity index (χ0v) is 16.8. The van der Waals surface area contributed by atoms with Crippen LogP contribution in [0.2, 0.25) is 0 Å². The number of aldehydes is 1. The summed E-state index contributed by atoms with van der Waals surface area (Å²) < 4.78 is 0. The zero-order chi connectivity index (χ0) is 19.9. The molecule has 0 saturated carbocycles. The Labute approximate surface area is 173 Å². The molecule has 0 unspecified atom stereocenters. The second-order valence-electron chi connectivity index (χ2n) is 7.70. The van der Waals surface area contributed by atoms with Gasteiger partial charge in [0.15, 0.2) is 0 Å². The third-order valence-corrected chi connectivity index (χ3v) is 5.88. The Morgan fingerprint density at radius 3 is 1.97 bits per heavy atom. The first-order valence-electron chi connectivity index (χ1n) is 10.5. The normalized spacial score (nSPS) is 14.9. The summed E-state index contributed by atoms with van der Waals surface area (Å²) in [6, 6.07) is 29.6. The molecule has 0 amide bonds. The monoisotopic (exact) mass is 384 g/mol. The molecule has 3 aromatic rings. The zero-order valence-electron chi connectivity index (χ0n) is 16.8. The molecule has 1 fully saturated rings. The van der Waals surface area contributed by atoms with Crippen LogP contribution in [0, 0.1) is 0 Å². The molecule has 3 aromatic carbocycles. The van der Waals surface area contributed by atoms with Gasteiger partial charge in [0.05, 0.1) is 0 Å². The molecule has 1 saturated heterocycles. The van der Waals surface area contributed by atoms with E-state index in [0.717, 1.165) is 56.7 Å². The van der Waals surface area contributed by atoms with Crippen LogP contribution in [-0.4, -0.2) is 43.9 Å². The first-order valence-corrected chi connectivity index (χ1v) is 10.5. The maximum Gasteiger partial charge on any atom is 0.150 e. The van der Waals surface area contributed by atoms with E-state index in [4.69, 9.17) is 0 Å². The second kappa shape index (κ2) is 9.53. The summed E-state index contributed by atoms with van der Waals surface area (Å²) in [5.41, 5.74) is 4.69. The Morgan fingerprint density at radius 1 is 0.759 bits per heavy atom. The van der Waals surface area contributed by atoms with Crippen molar-refractivity contribution in [3.63, 3.8) is 0 Å². The van der Waals surface area contributed by atoms with Gasteiger partial charge in [-0.2, -0.15) is 0 Å². The summed E-state index contributed by atoms with van der Waals surface area (Å²) in [5, 5.41) is 0. The second-order valence-corrected chi connectivity index (χ2v) is 7.70. The lowest BCUT2D eigenvalue weighted by Crippen LogP contribution is -2.46. The third kappa shape index (κ3) is 4.93. The van der Waals surface area contributed by atoms with Gasteiger partial charge < -0.3 is 4.90 Å². The first kappa shape index (κ1) is 19.4. The van der Waals surface area contributed by atoms with E-state index < -0.39 is 0 Å². The number of benzene rings is 3. The van der Waals surface area contributed by atoms with Crippen LogP contribution in [0.5, 0.6) is 0 Å². The third-order valence-electron chi connectivity index (χ3n) is 5.88. The van der Waals surface area contributed by atoms with Gasteiger partial charge in [-0.05, 0) is 36.2 Å². The van der Waals surface area contributed by atoms with E-state index in [-0.39, 0.29) is 0 Å². The quantitative estimate of drug-likeness (QED) is 0.545. The molecule has 0 atom stereocenters. The van der Waals surface area contributed by atoms with Crippen molar-refractivity contribution in [1.82, 2.24) is 4.90 Å². The number of hydrogen-bond acceptors (Lipinski definition) is 3. The van der Waals surface area contributed by atoms with Crippen LogP contribution in [0.1, 0.15) is 33.8 Å². The summed E-state index contributed by atoms with van der Waals surface area (Å²) in [6.45, 7) is 5.22. The van der Waals surface area contributed by atoms with E-state index >= 15 is 0 Å². The molecule has 0 radical (unpaired) electrons. The Bertz CT molecular complexity index is 863. The molecule has 0 spiro atoms. The maximum absolute atomic E-state index is 11.0. The van der Waals surface area contributed by atoms with Crippen molar-refractivity contribution in [3.05, 3.63) is 102 Å². The topological polar surface area (TPSA) is 23.6 Å². The van der Waals surface area contributed by atoms with Crippen LogP contribution in [0.4, 0.5) is 5.69 Å². The van der Waals surface area contributed by atoms with Crippen LogP contribution in [-0.2, 0) is 0 Å². The van der Waals surface area contributed by atoms with Crippen LogP contribution >= 0.6 is 0 Å². The van der Waals surface area contributed by atoms with Crippen molar-refractivity contribution in [2.75, 3.05) is 37.6 Å². The van der Waals surface area contributed by atoms with Crippen LogP contribution in [0.3, 0.4) is 0 Å². The summed E-state index contributed by atoms with van der Waals surface area (Å²) >= 11 is 0. The van der Waals surface area contributed by atoms with Gasteiger partial charge in [0.2, 0.25) is 0 Å². The van der Waals surface area contributed by atoms with Gasteiger partial charge in [-0.1, -0.05) is 72.8 Å². The predicted octanol–water partition coefficient (Wildman–Crippen LogP) is 4.84. The van der Waals surface area contributed by atoms with Gasteiger partial charge >= 0.3 is 0 Å². The summed E-state index contributed by atoms with van der Waals surface area (Å²) in [7, 11) is 0. The molecule has 4 rings (SSSR count).